The molecular formula is C35H80F3NaO11SSi5. The zero-order valence-corrected chi connectivity index (χ0v) is 39.8. The fourth-order valence-electron chi connectivity index (χ4n) is 5.32. The van der Waals surface area contributed by atoms with E-state index in [1.807, 2.05) is 19.6 Å². The number of carbonyl (C=O) groups is 1. The number of ether oxygens (including phenoxy) is 3. The number of hydrogen-bond acceptors (Lipinski definition) is 11. The minimum Gasteiger partial charge on any atom is -0.748 e. The van der Waals surface area contributed by atoms with Crippen molar-refractivity contribution in [1.82, 2.24) is 0 Å². The van der Waals surface area contributed by atoms with Crippen LogP contribution in [0.15, 0.2) is 24.3 Å². The third kappa shape index (κ3) is 28.7. The smallest absolute Gasteiger partial charge is 0.748 e. The molecule has 334 valence electrons. The van der Waals surface area contributed by atoms with Gasteiger partial charge in [-0.25, -0.2) is 13.2 Å². The van der Waals surface area contributed by atoms with Gasteiger partial charge in [0.05, 0.1) is 34.6 Å². The molecule has 56 heavy (non-hydrogen) atoms. The number of halogens is 3. The zero-order valence-electron chi connectivity index (χ0n) is 32.0. The van der Waals surface area contributed by atoms with E-state index in [1.165, 1.54) is 12.1 Å². The molecule has 0 heterocycles. The second kappa shape index (κ2) is 28.0. The van der Waals surface area contributed by atoms with Crippen LogP contribution in [0.1, 0.15) is 73.8 Å². The molecule has 0 aromatic heterocycles. The van der Waals surface area contributed by atoms with Gasteiger partial charge in [0.1, 0.15) is 0 Å². The second-order valence-corrected chi connectivity index (χ2v) is 36.5. The van der Waals surface area contributed by atoms with Gasteiger partial charge in [-0.05, 0) is 115 Å². The number of benzene rings is 1. The van der Waals surface area contributed by atoms with Gasteiger partial charge in [0.15, 0.2) is 16.6 Å². The molecule has 0 saturated carbocycles. The van der Waals surface area contributed by atoms with Crippen LogP contribution >= 0.6 is 0 Å². The van der Waals surface area contributed by atoms with Crippen molar-refractivity contribution < 1.29 is 91.2 Å². The van der Waals surface area contributed by atoms with Crippen molar-refractivity contribution in [2.45, 2.75) is 154 Å². The Balaban J connectivity index is -0.000000686. The van der Waals surface area contributed by atoms with Gasteiger partial charge in [-0.1, -0.05) is 56.7 Å². The molecule has 0 N–H and O–H groups in total. The molecule has 11 nitrogen and oxygen atoms in total. The third-order valence-corrected chi connectivity index (χ3v) is 25.8. The van der Waals surface area contributed by atoms with E-state index in [9.17, 15) is 30.9 Å². The summed E-state index contributed by atoms with van der Waals surface area (Å²) in [4.78, 5) is 12.6. The first-order valence-electron chi connectivity index (χ1n) is 16.1. The number of alkyl halides is 3. The summed E-state index contributed by atoms with van der Waals surface area (Å²) in [6, 6.07) is 6.94. The number of methoxy groups -OCH3 is 1. The molecule has 3 unspecified atom stereocenters. The average Bonchev–Trinajstić information content (AvgIpc) is 2.85. The van der Waals surface area contributed by atoms with Crippen LogP contribution < -0.4 is 29.6 Å². The molecule has 21 heteroatoms. The standard InChI is InChI=1S/C29H57F3O11SSi5.6CH4.Na/c1-28(29(30,31)32,24-44(34,35)36)39-27(33)26-16-14-25(15-17-26)18-23-49(12,41-46(6,7)8)43-48(11,22-13-19-38-21-20-37-2)42-47(9,10)40-45(3,4)5;;;;;;;/h14-17H,13,18-24H2,1-12H3,(H,34,35,36);6*1H4;/q;;;;;;;+1/p-1. The number of aryl methyl sites for hydroxylation is 1. The first-order chi connectivity index (χ1) is 21.9. The van der Waals surface area contributed by atoms with Crippen molar-refractivity contribution in [1.29, 1.82) is 0 Å². The monoisotopic (exact) mass is 928 g/mol. The Morgan fingerprint density at radius 2 is 1.18 bits per heavy atom. The van der Waals surface area contributed by atoms with Crippen LogP contribution in [-0.2, 0) is 47.2 Å². The Kier molecular flexibility index (Phi) is 35.3. The van der Waals surface area contributed by atoms with E-state index in [0.717, 1.165) is 5.56 Å². The van der Waals surface area contributed by atoms with Crippen molar-refractivity contribution >= 4 is 58.4 Å². The Hall–Kier alpha value is 0.234. The summed E-state index contributed by atoms with van der Waals surface area (Å²) < 4.78 is 117. The first-order valence-corrected chi connectivity index (χ1v) is 32.4. The van der Waals surface area contributed by atoms with E-state index in [0.29, 0.717) is 51.7 Å². The summed E-state index contributed by atoms with van der Waals surface area (Å²) >= 11 is 0. The van der Waals surface area contributed by atoms with Crippen LogP contribution in [0.3, 0.4) is 0 Å². The van der Waals surface area contributed by atoms with Crippen molar-refractivity contribution in [3.05, 3.63) is 35.4 Å². The molecule has 0 fully saturated rings. The topological polar surface area (TPSA) is 139 Å². The van der Waals surface area contributed by atoms with Crippen LogP contribution in [0.4, 0.5) is 13.2 Å². The predicted molar refractivity (Wildman–Crippen MR) is 234 cm³/mol. The molecule has 0 spiro atoms. The normalized spacial score (nSPS) is 15.1. The largest absolute Gasteiger partial charge is 1.00 e. The van der Waals surface area contributed by atoms with Crippen molar-refractivity contribution in [2.24, 2.45) is 0 Å². The van der Waals surface area contributed by atoms with E-state index >= 15 is 0 Å². The molecule has 0 saturated heterocycles. The van der Waals surface area contributed by atoms with Crippen LogP contribution in [-0.4, -0.2) is 106 Å². The van der Waals surface area contributed by atoms with Crippen LogP contribution in [0, 0.1) is 0 Å². The fourth-order valence-corrected chi connectivity index (χ4v) is 29.9. The van der Waals surface area contributed by atoms with E-state index < -0.39 is 75.9 Å². The van der Waals surface area contributed by atoms with Crippen LogP contribution in [0.25, 0.3) is 0 Å². The Morgan fingerprint density at radius 3 is 1.59 bits per heavy atom. The van der Waals surface area contributed by atoms with Gasteiger partial charge in [-0.2, -0.15) is 13.2 Å². The summed E-state index contributed by atoms with van der Waals surface area (Å²) in [7, 11) is -16.3. The van der Waals surface area contributed by atoms with Gasteiger partial charge in [0, 0.05) is 13.7 Å². The van der Waals surface area contributed by atoms with E-state index in [-0.39, 0.29) is 79.7 Å². The molecule has 1 aromatic carbocycles. The van der Waals surface area contributed by atoms with Crippen LogP contribution in [0.2, 0.25) is 77.6 Å². The van der Waals surface area contributed by atoms with E-state index in [4.69, 9.17) is 25.9 Å². The number of hydrogen-bond donors (Lipinski definition) is 0. The minimum atomic E-state index is -5.36. The minimum absolute atomic E-state index is 0. The SMILES string of the molecule is C.C.C.C.C.C.COCCOCCC[Si](C)(O[Si](C)(C)O[Si](C)(C)C)O[Si](C)(CCc1ccc(C(=O)OC(C)(CS(=O)(=O)[O-])C(F)(F)F)cc1)O[Si](C)(C)C.[Na+]. The summed E-state index contributed by atoms with van der Waals surface area (Å²) in [6.45, 7) is 22.7. The van der Waals surface area contributed by atoms with E-state index in [2.05, 4.69) is 50.6 Å². The van der Waals surface area contributed by atoms with Gasteiger partial charge in [0.2, 0.25) is 5.60 Å². The summed E-state index contributed by atoms with van der Waals surface area (Å²) in [5, 5.41) is 0. The molecule has 0 aliphatic rings. The maximum absolute atomic E-state index is 13.6. The molecule has 0 aliphatic heterocycles. The van der Waals surface area contributed by atoms with Gasteiger partial charge in [-0.15, -0.1) is 0 Å². The first kappa shape index (κ1) is 70.8. The Morgan fingerprint density at radius 1 is 0.714 bits per heavy atom. The molecule has 1 aromatic rings. The molecule has 0 amide bonds. The molecule has 3 atom stereocenters. The molecule has 0 aliphatic carbocycles. The number of esters is 1. The molecule has 0 radical (unpaired) electrons. The average molecular weight is 929 g/mol. The fraction of sp³-hybridized carbons (Fsp3) is 0.800. The summed E-state index contributed by atoms with van der Waals surface area (Å²) in [5.41, 5.74) is -2.96. The second-order valence-electron chi connectivity index (χ2n) is 15.0. The quantitative estimate of drug-likeness (QED) is 0.0489. The summed E-state index contributed by atoms with van der Waals surface area (Å²) in [5.74, 6) is -3.35. The van der Waals surface area contributed by atoms with Crippen LogP contribution in [0.5, 0.6) is 0 Å². The molecule has 0 bridgehead atoms. The van der Waals surface area contributed by atoms with Gasteiger partial charge in [0.25, 0.3) is 0 Å². The zero-order chi connectivity index (χ0) is 38.2. The third-order valence-electron chi connectivity index (χ3n) is 6.75. The summed E-state index contributed by atoms with van der Waals surface area (Å²) in [6.07, 6.45) is -4.09. The van der Waals surface area contributed by atoms with Crippen molar-refractivity contribution in [3.8, 4) is 0 Å². The molecular weight excluding hydrogens is 849 g/mol. The predicted octanol–water partition coefficient (Wildman–Crippen LogP) is 7.71. The van der Waals surface area contributed by atoms with Gasteiger partial charge >= 0.3 is 67.4 Å². The number of rotatable bonds is 22. The van der Waals surface area contributed by atoms with Crippen molar-refractivity contribution in [3.63, 3.8) is 0 Å². The Bertz CT molecular complexity index is 1320. The van der Waals surface area contributed by atoms with Crippen molar-refractivity contribution in [2.75, 3.05) is 32.7 Å². The molecule has 1 rings (SSSR count). The maximum atomic E-state index is 13.6. The van der Waals surface area contributed by atoms with E-state index in [1.54, 1.807) is 19.2 Å². The van der Waals surface area contributed by atoms with Gasteiger partial charge in [-0.3, -0.25) is 0 Å². The maximum Gasteiger partial charge on any atom is 1.00 e. The van der Waals surface area contributed by atoms with Gasteiger partial charge < -0.3 is 35.2 Å². The Labute approximate surface area is 368 Å². The number of carbonyl (C=O) groups excluding carboxylic acids is 1.